The van der Waals surface area contributed by atoms with Crippen LogP contribution in [-0.2, 0) is 11.2 Å². The van der Waals surface area contributed by atoms with Gasteiger partial charge >= 0.3 is 0 Å². The Morgan fingerprint density at radius 3 is 2.64 bits per heavy atom. The van der Waals surface area contributed by atoms with Gasteiger partial charge in [0.15, 0.2) is 6.61 Å². The van der Waals surface area contributed by atoms with Gasteiger partial charge < -0.3 is 14.5 Å². The molecule has 1 N–H and O–H groups in total. The van der Waals surface area contributed by atoms with Crippen molar-refractivity contribution in [2.24, 2.45) is 0 Å². The van der Waals surface area contributed by atoms with Gasteiger partial charge in [-0.05, 0) is 31.2 Å². The molecule has 0 radical (unpaired) electrons. The molecule has 25 heavy (non-hydrogen) atoms. The molecule has 0 aliphatic heterocycles. The van der Waals surface area contributed by atoms with Crippen LogP contribution in [-0.4, -0.2) is 34.2 Å². The Balaban J connectivity index is 1.41. The first kappa shape index (κ1) is 16.6. The van der Waals surface area contributed by atoms with Crippen molar-refractivity contribution >= 4 is 5.91 Å². The van der Waals surface area contributed by atoms with E-state index in [9.17, 15) is 4.79 Å². The molecule has 128 valence electrons. The summed E-state index contributed by atoms with van der Waals surface area (Å²) in [6.07, 6.45) is 3.77. The predicted octanol–water partition coefficient (Wildman–Crippen LogP) is 2.18. The van der Waals surface area contributed by atoms with Gasteiger partial charge in [0, 0.05) is 30.9 Å². The van der Waals surface area contributed by atoms with Crippen LogP contribution >= 0.6 is 0 Å². The van der Waals surface area contributed by atoms with Crippen molar-refractivity contribution in [2.45, 2.75) is 13.3 Å². The molecular weight excluding hydrogens is 320 g/mol. The fourth-order valence-electron chi connectivity index (χ4n) is 2.11. The Morgan fingerprint density at radius 1 is 1.12 bits per heavy atom. The molecule has 0 saturated heterocycles. The van der Waals surface area contributed by atoms with Crippen molar-refractivity contribution in [1.29, 1.82) is 0 Å². The SMILES string of the molecule is Cc1ccc(OCC(=O)NCCc2nnc(-c3ccncc3)o2)cc1. The second-order valence-corrected chi connectivity index (χ2v) is 5.44. The highest BCUT2D eigenvalue weighted by atomic mass is 16.5. The predicted molar refractivity (Wildman–Crippen MR) is 90.9 cm³/mol. The summed E-state index contributed by atoms with van der Waals surface area (Å²) in [5.41, 5.74) is 1.95. The third-order valence-corrected chi connectivity index (χ3v) is 3.45. The number of nitrogens with zero attached hydrogens (tertiary/aromatic N) is 3. The highest BCUT2D eigenvalue weighted by molar-refractivity contribution is 5.77. The van der Waals surface area contributed by atoms with Crippen molar-refractivity contribution in [3.8, 4) is 17.2 Å². The van der Waals surface area contributed by atoms with Crippen LogP contribution in [0.2, 0.25) is 0 Å². The summed E-state index contributed by atoms with van der Waals surface area (Å²) >= 11 is 0. The molecule has 0 aliphatic carbocycles. The molecule has 0 unspecified atom stereocenters. The lowest BCUT2D eigenvalue weighted by atomic mass is 10.2. The largest absolute Gasteiger partial charge is 0.484 e. The maximum absolute atomic E-state index is 11.8. The van der Waals surface area contributed by atoms with Gasteiger partial charge in [0.1, 0.15) is 5.75 Å². The zero-order chi connectivity index (χ0) is 17.5. The van der Waals surface area contributed by atoms with Gasteiger partial charge in [0.2, 0.25) is 11.8 Å². The van der Waals surface area contributed by atoms with Gasteiger partial charge in [0.25, 0.3) is 5.91 Å². The van der Waals surface area contributed by atoms with Crippen LogP contribution < -0.4 is 10.1 Å². The van der Waals surface area contributed by atoms with Gasteiger partial charge in [-0.15, -0.1) is 10.2 Å². The second-order valence-electron chi connectivity index (χ2n) is 5.44. The Hall–Kier alpha value is -3.22. The lowest BCUT2D eigenvalue weighted by molar-refractivity contribution is -0.123. The van der Waals surface area contributed by atoms with Crippen molar-refractivity contribution < 1.29 is 13.9 Å². The third-order valence-electron chi connectivity index (χ3n) is 3.45. The fourth-order valence-corrected chi connectivity index (χ4v) is 2.11. The van der Waals surface area contributed by atoms with Crippen LogP contribution in [0.1, 0.15) is 11.5 Å². The summed E-state index contributed by atoms with van der Waals surface area (Å²) in [6.45, 7) is 2.36. The van der Waals surface area contributed by atoms with Gasteiger partial charge in [-0.1, -0.05) is 17.7 Å². The number of aryl methyl sites for hydroxylation is 1. The van der Waals surface area contributed by atoms with E-state index in [-0.39, 0.29) is 12.5 Å². The van der Waals surface area contributed by atoms with Crippen molar-refractivity contribution in [3.05, 3.63) is 60.2 Å². The molecule has 0 saturated carbocycles. The van der Waals surface area contributed by atoms with Crippen LogP contribution in [0, 0.1) is 6.92 Å². The lowest BCUT2D eigenvalue weighted by Crippen LogP contribution is -2.30. The molecule has 2 aromatic heterocycles. The number of benzene rings is 1. The topological polar surface area (TPSA) is 90.1 Å². The molecule has 0 bridgehead atoms. The molecule has 3 aromatic rings. The van der Waals surface area contributed by atoms with E-state index in [1.54, 1.807) is 24.5 Å². The van der Waals surface area contributed by atoms with Crippen LogP contribution in [0.5, 0.6) is 5.75 Å². The molecule has 0 atom stereocenters. The first-order valence-electron chi connectivity index (χ1n) is 7.89. The first-order valence-corrected chi connectivity index (χ1v) is 7.89. The summed E-state index contributed by atoms with van der Waals surface area (Å²) in [5, 5.41) is 10.7. The number of hydrogen-bond acceptors (Lipinski definition) is 6. The summed E-state index contributed by atoms with van der Waals surface area (Å²) in [5.74, 6) is 1.37. The highest BCUT2D eigenvalue weighted by Crippen LogP contribution is 2.16. The number of carbonyl (C=O) groups is 1. The van der Waals surface area contributed by atoms with Crippen LogP contribution in [0.25, 0.3) is 11.5 Å². The quantitative estimate of drug-likeness (QED) is 0.710. The van der Waals surface area contributed by atoms with E-state index in [1.807, 2.05) is 31.2 Å². The molecule has 7 nitrogen and oxygen atoms in total. The van der Waals surface area contributed by atoms with E-state index >= 15 is 0 Å². The van der Waals surface area contributed by atoms with E-state index < -0.39 is 0 Å². The maximum atomic E-state index is 11.8. The number of pyridine rings is 1. The lowest BCUT2D eigenvalue weighted by Gasteiger charge is -2.06. The number of carbonyl (C=O) groups excluding carboxylic acids is 1. The van der Waals surface area contributed by atoms with E-state index in [1.165, 1.54) is 0 Å². The molecule has 3 rings (SSSR count). The number of amides is 1. The number of ether oxygens (including phenoxy) is 1. The molecule has 0 aliphatic rings. The van der Waals surface area contributed by atoms with E-state index in [2.05, 4.69) is 20.5 Å². The zero-order valence-corrected chi connectivity index (χ0v) is 13.8. The average molecular weight is 338 g/mol. The molecule has 2 heterocycles. The third kappa shape index (κ3) is 4.87. The minimum Gasteiger partial charge on any atom is -0.484 e. The van der Waals surface area contributed by atoms with Crippen LogP contribution in [0.3, 0.4) is 0 Å². The molecule has 7 heteroatoms. The van der Waals surface area contributed by atoms with Crippen LogP contribution in [0.15, 0.2) is 53.2 Å². The van der Waals surface area contributed by atoms with Crippen LogP contribution in [0.4, 0.5) is 0 Å². The number of aromatic nitrogens is 3. The first-order chi connectivity index (χ1) is 12.2. The maximum Gasteiger partial charge on any atom is 0.257 e. The Labute approximate surface area is 145 Å². The smallest absolute Gasteiger partial charge is 0.257 e. The van der Waals surface area contributed by atoms with Gasteiger partial charge in [-0.2, -0.15) is 0 Å². The van der Waals surface area contributed by atoms with Gasteiger partial charge in [0.05, 0.1) is 0 Å². The second kappa shape index (κ2) is 8.05. The summed E-state index contributed by atoms with van der Waals surface area (Å²) in [6, 6.07) is 11.1. The minimum atomic E-state index is -0.200. The monoisotopic (exact) mass is 338 g/mol. The molecule has 0 fully saturated rings. The fraction of sp³-hybridized carbons (Fsp3) is 0.222. The Kier molecular flexibility index (Phi) is 5.36. The van der Waals surface area contributed by atoms with Gasteiger partial charge in [-0.25, -0.2) is 0 Å². The zero-order valence-electron chi connectivity index (χ0n) is 13.8. The summed E-state index contributed by atoms with van der Waals surface area (Å²) in [4.78, 5) is 15.7. The van der Waals surface area contributed by atoms with E-state index in [4.69, 9.17) is 9.15 Å². The Bertz CT molecular complexity index is 816. The normalized spacial score (nSPS) is 10.4. The van der Waals surface area contributed by atoms with E-state index in [0.717, 1.165) is 11.1 Å². The summed E-state index contributed by atoms with van der Waals surface area (Å²) in [7, 11) is 0. The van der Waals surface area contributed by atoms with Crippen molar-refractivity contribution in [3.63, 3.8) is 0 Å². The van der Waals surface area contributed by atoms with Crippen molar-refractivity contribution in [1.82, 2.24) is 20.5 Å². The van der Waals surface area contributed by atoms with Crippen molar-refractivity contribution in [2.75, 3.05) is 13.2 Å². The standard InChI is InChI=1S/C18H18N4O3/c1-13-2-4-15(5-3-13)24-12-16(23)20-11-8-17-21-22-18(25-17)14-6-9-19-10-7-14/h2-7,9-10H,8,11-12H2,1H3,(H,20,23). The summed E-state index contributed by atoms with van der Waals surface area (Å²) < 4.78 is 11.0. The molecule has 0 spiro atoms. The molecular formula is C18H18N4O3. The minimum absolute atomic E-state index is 0.0326. The number of nitrogens with one attached hydrogen (secondary N) is 1. The average Bonchev–Trinajstić information content (AvgIpc) is 3.11. The Morgan fingerprint density at radius 2 is 1.88 bits per heavy atom. The molecule has 1 amide bonds. The van der Waals surface area contributed by atoms with Gasteiger partial charge in [-0.3, -0.25) is 9.78 Å². The number of hydrogen-bond donors (Lipinski definition) is 1. The number of rotatable bonds is 7. The van der Waals surface area contributed by atoms with E-state index in [0.29, 0.717) is 30.5 Å². The highest BCUT2D eigenvalue weighted by Gasteiger charge is 2.09. The molecule has 1 aromatic carbocycles.